The fourth-order valence-electron chi connectivity index (χ4n) is 1.37. The van der Waals surface area contributed by atoms with E-state index in [4.69, 9.17) is 9.47 Å². The number of esters is 1. The van der Waals surface area contributed by atoms with Crippen LogP contribution >= 0.6 is 0 Å². The van der Waals surface area contributed by atoms with Crippen molar-refractivity contribution in [1.82, 2.24) is 5.32 Å². The first-order valence-corrected chi connectivity index (χ1v) is 7.02. The fraction of sp³-hybridized carbons (Fsp3) is 0.733. The molecule has 0 unspecified atom stereocenters. The number of hydrogen-bond acceptors (Lipinski definition) is 4. The highest BCUT2D eigenvalue weighted by molar-refractivity contribution is 5.86. The van der Waals surface area contributed by atoms with Crippen molar-refractivity contribution in [2.24, 2.45) is 0 Å². The molecular weight excluding hydrogens is 258 g/mol. The van der Waals surface area contributed by atoms with Gasteiger partial charge in [-0.2, -0.15) is 0 Å². The number of carbonyl (C=O) groups is 2. The number of carbonyl (C=O) groups excluding carboxylic acids is 2. The average molecular weight is 285 g/mol. The molecule has 0 aliphatic carbocycles. The highest BCUT2D eigenvalue weighted by Gasteiger charge is 2.15. The van der Waals surface area contributed by atoms with E-state index in [9.17, 15) is 9.59 Å². The number of ether oxygens (including phenoxy) is 2. The predicted molar refractivity (Wildman–Crippen MR) is 78.5 cm³/mol. The molecule has 20 heavy (non-hydrogen) atoms. The SMILES string of the molecule is C=C(C)C(=O)OCCCCCCNC(=O)OC(C)(C)C. The molecule has 0 rings (SSSR count). The second-order valence-electron chi connectivity index (χ2n) is 5.76. The summed E-state index contributed by atoms with van der Waals surface area (Å²) in [5, 5.41) is 2.71. The quantitative estimate of drug-likeness (QED) is 0.422. The van der Waals surface area contributed by atoms with Crippen molar-refractivity contribution < 1.29 is 19.1 Å². The average Bonchev–Trinajstić information content (AvgIpc) is 2.29. The minimum atomic E-state index is -0.461. The highest BCUT2D eigenvalue weighted by atomic mass is 16.6. The van der Waals surface area contributed by atoms with Crippen molar-refractivity contribution >= 4 is 12.1 Å². The zero-order valence-electron chi connectivity index (χ0n) is 13.1. The van der Waals surface area contributed by atoms with Gasteiger partial charge in [0.15, 0.2) is 0 Å². The predicted octanol–water partition coefficient (Wildman–Crippen LogP) is 3.19. The Balaban J connectivity index is 3.39. The van der Waals surface area contributed by atoms with Gasteiger partial charge in [-0.15, -0.1) is 0 Å². The van der Waals surface area contributed by atoms with Crippen LogP contribution in [-0.4, -0.2) is 30.8 Å². The summed E-state index contributed by atoms with van der Waals surface area (Å²) < 4.78 is 10.1. The standard InChI is InChI=1S/C15H27NO4/c1-12(2)13(17)19-11-9-7-6-8-10-16-14(18)20-15(3,4)5/h1,6-11H2,2-5H3,(H,16,18). The second-order valence-corrected chi connectivity index (χ2v) is 5.76. The molecule has 0 aromatic rings. The molecular formula is C15H27NO4. The maximum Gasteiger partial charge on any atom is 0.407 e. The van der Waals surface area contributed by atoms with E-state index in [-0.39, 0.29) is 12.1 Å². The van der Waals surface area contributed by atoms with E-state index >= 15 is 0 Å². The normalized spacial score (nSPS) is 10.8. The van der Waals surface area contributed by atoms with Crippen LogP contribution in [0.4, 0.5) is 4.79 Å². The van der Waals surface area contributed by atoms with Crippen LogP contribution < -0.4 is 5.32 Å². The molecule has 0 aliphatic rings. The minimum absolute atomic E-state index is 0.336. The van der Waals surface area contributed by atoms with Crippen LogP contribution in [0.25, 0.3) is 0 Å². The Bertz CT molecular complexity index is 331. The summed E-state index contributed by atoms with van der Waals surface area (Å²) >= 11 is 0. The Morgan fingerprint density at radius 3 is 2.25 bits per heavy atom. The molecule has 0 atom stereocenters. The van der Waals surface area contributed by atoms with Crippen LogP contribution in [0.3, 0.4) is 0 Å². The second kappa shape index (κ2) is 9.39. The largest absolute Gasteiger partial charge is 0.462 e. The Morgan fingerprint density at radius 1 is 1.10 bits per heavy atom. The van der Waals surface area contributed by atoms with E-state index < -0.39 is 5.60 Å². The molecule has 0 bridgehead atoms. The van der Waals surface area contributed by atoms with Gasteiger partial charge >= 0.3 is 12.1 Å². The lowest BCUT2D eigenvalue weighted by Gasteiger charge is -2.19. The van der Waals surface area contributed by atoms with Gasteiger partial charge in [-0.3, -0.25) is 0 Å². The van der Waals surface area contributed by atoms with Gasteiger partial charge in [-0.1, -0.05) is 13.0 Å². The van der Waals surface area contributed by atoms with E-state index in [0.717, 1.165) is 25.7 Å². The first-order valence-electron chi connectivity index (χ1n) is 7.02. The highest BCUT2D eigenvalue weighted by Crippen LogP contribution is 2.06. The molecule has 1 N–H and O–H groups in total. The summed E-state index contributed by atoms with van der Waals surface area (Å²) in [4.78, 5) is 22.4. The van der Waals surface area contributed by atoms with E-state index in [0.29, 0.717) is 18.7 Å². The third-order valence-electron chi connectivity index (χ3n) is 2.32. The van der Waals surface area contributed by atoms with Crippen molar-refractivity contribution in [1.29, 1.82) is 0 Å². The van der Waals surface area contributed by atoms with Crippen LogP contribution in [0, 0.1) is 0 Å². The smallest absolute Gasteiger partial charge is 0.407 e. The molecule has 0 saturated heterocycles. The van der Waals surface area contributed by atoms with Crippen LogP contribution in [0.2, 0.25) is 0 Å². The summed E-state index contributed by atoms with van der Waals surface area (Å²) in [5.41, 5.74) is -0.0383. The van der Waals surface area contributed by atoms with E-state index in [2.05, 4.69) is 11.9 Å². The maximum atomic E-state index is 11.3. The molecule has 116 valence electrons. The number of alkyl carbamates (subject to hydrolysis) is 1. The molecule has 0 aromatic carbocycles. The van der Waals surface area contributed by atoms with Gasteiger partial charge in [-0.25, -0.2) is 9.59 Å². The van der Waals surface area contributed by atoms with Crippen molar-refractivity contribution in [3.63, 3.8) is 0 Å². The fourth-order valence-corrected chi connectivity index (χ4v) is 1.37. The Morgan fingerprint density at radius 2 is 1.70 bits per heavy atom. The molecule has 0 saturated carbocycles. The molecule has 5 heteroatoms. The van der Waals surface area contributed by atoms with Gasteiger partial charge in [-0.05, 0) is 47.0 Å². The molecule has 0 heterocycles. The lowest BCUT2D eigenvalue weighted by atomic mass is 10.2. The molecule has 1 amide bonds. The summed E-state index contributed by atoms with van der Waals surface area (Å²) in [6.45, 7) is 11.7. The first kappa shape index (κ1) is 18.5. The molecule has 0 radical (unpaired) electrons. The van der Waals surface area contributed by atoms with Gasteiger partial charge in [0, 0.05) is 12.1 Å². The zero-order chi connectivity index (χ0) is 15.6. The lowest BCUT2D eigenvalue weighted by Crippen LogP contribution is -2.32. The van der Waals surface area contributed by atoms with E-state index in [1.54, 1.807) is 6.92 Å². The van der Waals surface area contributed by atoms with E-state index in [1.807, 2.05) is 20.8 Å². The van der Waals surface area contributed by atoms with Gasteiger partial charge in [0.05, 0.1) is 6.61 Å². The maximum absolute atomic E-state index is 11.3. The third kappa shape index (κ3) is 11.6. The van der Waals surface area contributed by atoms with Crippen LogP contribution in [0.1, 0.15) is 53.4 Å². The Labute approximate surface area is 121 Å². The summed E-state index contributed by atoms with van der Waals surface area (Å²) in [7, 11) is 0. The van der Waals surface area contributed by atoms with Crippen molar-refractivity contribution in [2.45, 2.75) is 59.0 Å². The number of rotatable bonds is 8. The number of nitrogens with one attached hydrogen (secondary N) is 1. The van der Waals surface area contributed by atoms with Crippen molar-refractivity contribution in [3.05, 3.63) is 12.2 Å². The number of unbranched alkanes of at least 4 members (excludes halogenated alkanes) is 3. The zero-order valence-corrected chi connectivity index (χ0v) is 13.1. The summed E-state index contributed by atoms with van der Waals surface area (Å²) in [6, 6.07) is 0. The molecule has 0 aromatic heterocycles. The van der Waals surface area contributed by atoms with Crippen LogP contribution in [0.15, 0.2) is 12.2 Å². The third-order valence-corrected chi connectivity index (χ3v) is 2.32. The Kier molecular flexibility index (Phi) is 8.68. The first-order chi connectivity index (χ1) is 9.22. The van der Waals surface area contributed by atoms with Gasteiger partial charge in [0.2, 0.25) is 0 Å². The van der Waals surface area contributed by atoms with Crippen molar-refractivity contribution in [3.8, 4) is 0 Å². The number of amides is 1. The summed E-state index contributed by atoms with van der Waals surface area (Å²) in [6.07, 6.45) is 3.26. The van der Waals surface area contributed by atoms with E-state index in [1.165, 1.54) is 0 Å². The molecule has 0 aliphatic heterocycles. The molecule has 5 nitrogen and oxygen atoms in total. The minimum Gasteiger partial charge on any atom is -0.462 e. The lowest BCUT2D eigenvalue weighted by molar-refractivity contribution is -0.139. The molecule has 0 fully saturated rings. The monoisotopic (exact) mass is 285 g/mol. The van der Waals surface area contributed by atoms with Gasteiger partial charge < -0.3 is 14.8 Å². The number of hydrogen-bond donors (Lipinski definition) is 1. The summed E-state index contributed by atoms with van der Waals surface area (Å²) in [5.74, 6) is -0.336. The van der Waals surface area contributed by atoms with Crippen molar-refractivity contribution in [2.75, 3.05) is 13.2 Å². The molecule has 0 spiro atoms. The van der Waals surface area contributed by atoms with Gasteiger partial charge in [0.1, 0.15) is 5.60 Å². The topological polar surface area (TPSA) is 64.6 Å². The Hall–Kier alpha value is -1.52. The van der Waals surface area contributed by atoms with Gasteiger partial charge in [0.25, 0.3) is 0 Å². The van der Waals surface area contributed by atoms with Crippen LogP contribution in [0.5, 0.6) is 0 Å². The van der Waals surface area contributed by atoms with Crippen LogP contribution in [-0.2, 0) is 14.3 Å².